The third-order valence-corrected chi connectivity index (χ3v) is 8.37. The van der Waals surface area contributed by atoms with Gasteiger partial charge in [0.25, 0.3) is 0 Å². The largest absolute Gasteiger partial charge is 0.462 e. The van der Waals surface area contributed by atoms with Crippen molar-refractivity contribution in [3.63, 3.8) is 0 Å². The fourth-order valence-electron chi connectivity index (χ4n) is 7.08. The van der Waals surface area contributed by atoms with Crippen LogP contribution in [0.2, 0.25) is 0 Å². The highest BCUT2D eigenvalue weighted by Crippen LogP contribution is 2.65. The van der Waals surface area contributed by atoms with Crippen molar-refractivity contribution in [3.05, 3.63) is 11.6 Å². The van der Waals surface area contributed by atoms with Gasteiger partial charge in [-0.25, -0.2) is 0 Å². The molecule has 0 amide bonds. The predicted molar refractivity (Wildman–Crippen MR) is 98.3 cm³/mol. The molecule has 4 heteroatoms. The summed E-state index contributed by atoms with van der Waals surface area (Å²) in [6.07, 6.45) is 8.04. The van der Waals surface area contributed by atoms with E-state index in [-0.39, 0.29) is 40.7 Å². The van der Waals surface area contributed by atoms with Gasteiger partial charge in [-0.15, -0.1) is 0 Å². The van der Waals surface area contributed by atoms with E-state index in [0.717, 1.165) is 32.1 Å². The second-order valence-electron chi connectivity index (χ2n) is 9.57. The van der Waals surface area contributed by atoms with Crippen molar-refractivity contribution in [3.8, 4) is 0 Å². The first kappa shape index (κ1) is 18.2. The molecule has 4 rings (SSSR count). The number of aliphatic hydroxyl groups is 1. The average Bonchev–Trinajstić information content (AvgIpc) is 2.91. The summed E-state index contributed by atoms with van der Waals surface area (Å²) >= 11 is 0. The zero-order valence-corrected chi connectivity index (χ0v) is 16.3. The van der Waals surface area contributed by atoms with Gasteiger partial charge in [0.15, 0.2) is 5.78 Å². The minimum absolute atomic E-state index is 0.0459. The first-order chi connectivity index (χ1) is 12.3. The molecule has 3 fully saturated rings. The Morgan fingerprint density at radius 2 is 2.04 bits per heavy atom. The van der Waals surface area contributed by atoms with Crippen LogP contribution in [0.3, 0.4) is 0 Å². The van der Waals surface area contributed by atoms with Crippen molar-refractivity contribution in [1.29, 1.82) is 0 Å². The molecule has 0 heterocycles. The van der Waals surface area contributed by atoms with Crippen molar-refractivity contribution < 1.29 is 19.4 Å². The number of aliphatic hydroxyl groups excluding tert-OH is 1. The molecule has 0 radical (unpaired) electrons. The number of allylic oxidation sites excluding steroid dienone is 1. The molecule has 4 aliphatic rings. The minimum atomic E-state index is -0.385. The lowest BCUT2D eigenvalue weighted by molar-refractivity contribution is -0.170. The lowest BCUT2D eigenvalue weighted by atomic mass is 9.46. The van der Waals surface area contributed by atoms with Gasteiger partial charge in [0.05, 0.1) is 6.10 Å². The quantitative estimate of drug-likeness (QED) is 0.761. The van der Waals surface area contributed by atoms with Gasteiger partial charge in [0.1, 0.15) is 6.10 Å². The molecule has 0 aliphatic heterocycles. The molecule has 0 bridgehead atoms. The third kappa shape index (κ3) is 2.51. The van der Waals surface area contributed by atoms with Crippen molar-refractivity contribution in [2.75, 3.05) is 0 Å². The number of esters is 1. The van der Waals surface area contributed by atoms with Crippen LogP contribution < -0.4 is 0 Å². The smallest absolute Gasteiger partial charge is 0.305 e. The number of rotatable bonds is 2. The number of hydrogen-bond donors (Lipinski definition) is 1. The van der Waals surface area contributed by atoms with Gasteiger partial charge in [-0.05, 0) is 67.8 Å². The van der Waals surface area contributed by atoms with E-state index in [1.165, 1.54) is 5.57 Å². The Morgan fingerprint density at radius 3 is 2.77 bits per heavy atom. The minimum Gasteiger partial charge on any atom is -0.462 e. The summed E-state index contributed by atoms with van der Waals surface area (Å²) in [6.45, 7) is 6.34. The monoisotopic (exact) mass is 360 g/mol. The Labute approximate surface area is 156 Å². The molecule has 0 aromatic rings. The second kappa shape index (κ2) is 6.19. The van der Waals surface area contributed by atoms with Crippen molar-refractivity contribution >= 4 is 11.8 Å². The first-order valence-corrected chi connectivity index (χ1v) is 10.4. The van der Waals surface area contributed by atoms with Gasteiger partial charge in [0, 0.05) is 18.3 Å². The molecule has 0 spiro atoms. The lowest BCUT2D eigenvalue weighted by Crippen LogP contribution is -2.57. The van der Waals surface area contributed by atoms with E-state index in [1.54, 1.807) is 0 Å². The van der Waals surface area contributed by atoms with Gasteiger partial charge >= 0.3 is 5.97 Å². The molecule has 0 saturated heterocycles. The summed E-state index contributed by atoms with van der Waals surface area (Å²) in [5.74, 6) is 1.32. The molecular formula is C22H32O4. The SMILES string of the molecule is CCC(=O)O[C@H]1CC[C@H]2[C@@H]3CCC4=CC(=O)CC[C@]4(C)[C@H]3[C@H](O)C[C@]12C. The van der Waals surface area contributed by atoms with Crippen LogP contribution >= 0.6 is 0 Å². The number of ketones is 1. The molecule has 4 nitrogen and oxygen atoms in total. The number of carbonyl (C=O) groups excluding carboxylic acids is 2. The van der Waals surface area contributed by atoms with Crippen LogP contribution in [0, 0.1) is 28.6 Å². The maximum Gasteiger partial charge on any atom is 0.305 e. The Kier molecular flexibility index (Phi) is 4.33. The molecule has 7 atom stereocenters. The number of fused-ring (bicyclic) bond motifs is 5. The highest BCUT2D eigenvalue weighted by atomic mass is 16.5. The third-order valence-electron chi connectivity index (χ3n) is 8.37. The van der Waals surface area contributed by atoms with Crippen molar-refractivity contribution in [2.24, 2.45) is 28.6 Å². The van der Waals surface area contributed by atoms with Crippen LogP contribution in [-0.4, -0.2) is 29.1 Å². The van der Waals surface area contributed by atoms with E-state index in [9.17, 15) is 14.7 Å². The summed E-state index contributed by atoms with van der Waals surface area (Å²) in [7, 11) is 0. The van der Waals surface area contributed by atoms with E-state index < -0.39 is 0 Å². The lowest BCUT2D eigenvalue weighted by Gasteiger charge is -2.59. The topological polar surface area (TPSA) is 63.6 Å². The predicted octanol–water partition coefficient (Wildman–Crippen LogP) is 3.81. The highest BCUT2D eigenvalue weighted by molar-refractivity contribution is 5.91. The van der Waals surface area contributed by atoms with Gasteiger partial charge in [0.2, 0.25) is 0 Å². The molecule has 0 unspecified atom stereocenters. The summed E-state index contributed by atoms with van der Waals surface area (Å²) in [5, 5.41) is 11.2. The van der Waals surface area contributed by atoms with Crippen molar-refractivity contribution in [1.82, 2.24) is 0 Å². The Bertz CT molecular complexity index is 653. The van der Waals surface area contributed by atoms with Crippen LogP contribution in [-0.2, 0) is 14.3 Å². The molecule has 4 aliphatic carbocycles. The fourth-order valence-corrected chi connectivity index (χ4v) is 7.08. The summed E-state index contributed by atoms with van der Waals surface area (Å²) in [4.78, 5) is 23.8. The van der Waals surface area contributed by atoms with E-state index in [4.69, 9.17) is 4.74 Å². The summed E-state index contributed by atoms with van der Waals surface area (Å²) in [5.41, 5.74) is 1.10. The molecule has 26 heavy (non-hydrogen) atoms. The molecule has 3 saturated carbocycles. The molecule has 1 N–H and O–H groups in total. The van der Waals surface area contributed by atoms with Crippen molar-refractivity contribution in [2.45, 2.75) is 84.3 Å². The van der Waals surface area contributed by atoms with Crippen LogP contribution in [0.1, 0.15) is 72.1 Å². The normalized spacial score (nSPS) is 47.5. The number of carbonyl (C=O) groups is 2. The van der Waals surface area contributed by atoms with Crippen LogP contribution in [0.25, 0.3) is 0 Å². The van der Waals surface area contributed by atoms with E-state index >= 15 is 0 Å². The Balaban J connectivity index is 1.64. The molecule has 144 valence electrons. The summed E-state index contributed by atoms with van der Waals surface area (Å²) < 4.78 is 5.80. The van der Waals surface area contributed by atoms with E-state index in [0.29, 0.717) is 31.1 Å². The average molecular weight is 360 g/mol. The summed E-state index contributed by atoms with van der Waals surface area (Å²) in [6, 6.07) is 0. The zero-order chi connectivity index (χ0) is 18.7. The fraction of sp³-hybridized carbons (Fsp3) is 0.818. The van der Waals surface area contributed by atoms with Gasteiger partial charge < -0.3 is 9.84 Å². The van der Waals surface area contributed by atoms with Crippen LogP contribution in [0.15, 0.2) is 11.6 Å². The van der Waals surface area contributed by atoms with E-state index in [1.807, 2.05) is 13.0 Å². The molecule has 0 aromatic heterocycles. The standard InChI is InChI=1S/C22H32O4/c1-4-19(25)26-18-8-7-16-15-6-5-13-11-14(23)9-10-21(13,2)20(15)17(24)12-22(16,18)3/h11,15-18,20,24H,4-10,12H2,1-3H3/t15-,16-,17+,18-,20+,21-,22-/m0/s1. The second-order valence-corrected chi connectivity index (χ2v) is 9.57. The van der Waals surface area contributed by atoms with Gasteiger partial charge in [-0.2, -0.15) is 0 Å². The first-order valence-electron chi connectivity index (χ1n) is 10.4. The highest BCUT2D eigenvalue weighted by Gasteiger charge is 2.62. The van der Waals surface area contributed by atoms with Gasteiger partial charge in [-0.3, -0.25) is 9.59 Å². The molecular weight excluding hydrogens is 328 g/mol. The maximum atomic E-state index is 11.9. The molecule has 0 aromatic carbocycles. The number of hydrogen-bond acceptors (Lipinski definition) is 4. The van der Waals surface area contributed by atoms with E-state index in [2.05, 4.69) is 13.8 Å². The maximum absolute atomic E-state index is 11.9. The Hall–Kier alpha value is -1.16. The van der Waals surface area contributed by atoms with Crippen LogP contribution in [0.5, 0.6) is 0 Å². The zero-order valence-electron chi connectivity index (χ0n) is 16.3. The number of ether oxygens (including phenoxy) is 1. The Morgan fingerprint density at radius 1 is 1.27 bits per heavy atom. The van der Waals surface area contributed by atoms with Crippen LogP contribution in [0.4, 0.5) is 0 Å². The van der Waals surface area contributed by atoms with Gasteiger partial charge in [-0.1, -0.05) is 26.3 Å².